The summed E-state index contributed by atoms with van der Waals surface area (Å²) in [5.41, 5.74) is 0. The van der Waals surface area contributed by atoms with Crippen molar-refractivity contribution in [1.29, 1.82) is 0 Å². The maximum absolute atomic E-state index is 13.8. The lowest BCUT2D eigenvalue weighted by molar-refractivity contribution is 0.574. The summed E-state index contributed by atoms with van der Waals surface area (Å²) in [5, 5.41) is 5.05. The van der Waals surface area contributed by atoms with E-state index in [2.05, 4.69) is 38.0 Å². The number of allylic oxidation sites excluding steroid dienone is 1. The summed E-state index contributed by atoms with van der Waals surface area (Å²) < 4.78 is 13.8. The fourth-order valence-corrected chi connectivity index (χ4v) is 4.90. The Balaban J connectivity index is 2.29. The van der Waals surface area contributed by atoms with Crippen molar-refractivity contribution < 1.29 is 4.57 Å². The fourth-order valence-electron chi connectivity index (χ4n) is 2.46. The zero-order chi connectivity index (χ0) is 16.7. The first-order valence-corrected chi connectivity index (χ1v) is 9.89. The van der Waals surface area contributed by atoms with Crippen molar-refractivity contribution in [1.82, 2.24) is 5.09 Å². The largest absolute Gasteiger partial charge is 0.297 e. The summed E-state index contributed by atoms with van der Waals surface area (Å²) in [5.74, 6) is 0.633. The van der Waals surface area contributed by atoms with E-state index in [4.69, 9.17) is 0 Å². The Labute approximate surface area is 140 Å². The van der Waals surface area contributed by atoms with Gasteiger partial charge in [-0.25, -0.2) is 0 Å². The van der Waals surface area contributed by atoms with Gasteiger partial charge < -0.3 is 0 Å². The van der Waals surface area contributed by atoms with E-state index >= 15 is 0 Å². The van der Waals surface area contributed by atoms with E-state index in [1.165, 1.54) is 0 Å². The highest BCUT2D eigenvalue weighted by Crippen LogP contribution is 2.39. The van der Waals surface area contributed by atoms with Crippen LogP contribution in [0.15, 0.2) is 72.8 Å². The second-order valence-electron chi connectivity index (χ2n) is 6.26. The van der Waals surface area contributed by atoms with Gasteiger partial charge in [-0.3, -0.25) is 9.65 Å². The molecule has 0 fully saturated rings. The standard InChI is InChI=1S/C20H26NOP/c1-17(2)11-10-12-18(3)21-23(22,19-13-6-4-7-14-19)20-15-8-5-9-16-20/h4-10,12-18H,11H2,1-3H3,(H,21,22)/b12-10+. The van der Waals surface area contributed by atoms with Crippen molar-refractivity contribution in [2.75, 3.05) is 0 Å². The molecule has 0 heterocycles. The zero-order valence-corrected chi connectivity index (χ0v) is 15.0. The van der Waals surface area contributed by atoms with Gasteiger partial charge in [0.25, 0.3) is 0 Å². The summed E-state index contributed by atoms with van der Waals surface area (Å²) >= 11 is 0. The number of nitrogens with one attached hydrogen (secondary N) is 1. The summed E-state index contributed by atoms with van der Waals surface area (Å²) in [4.78, 5) is 0. The van der Waals surface area contributed by atoms with Gasteiger partial charge in [-0.1, -0.05) is 62.4 Å². The van der Waals surface area contributed by atoms with Crippen LogP contribution in [0.5, 0.6) is 0 Å². The minimum atomic E-state index is -2.85. The van der Waals surface area contributed by atoms with Crippen LogP contribution in [0.1, 0.15) is 27.2 Å². The molecule has 2 rings (SSSR count). The molecule has 2 nitrogen and oxygen atoms in total. The van der Waals surface area contributed by atoms with E-state index in [0.29, 0.717) is 5.92 Å². The topological polar surface area (TPSA) is 29.1 Å². The third kappa shape index (κ3) is 4.92. The molecule has 0 aliphatic heterocycles. The molecule has 2 aromatic carbocycles. The molecule has 0 saturated carbocycles. The molecule has 23 heavy (non-hydrogen) atoms. The summed E-state index contributed by atoms with van der Waals surface area (Å²) in [7, 11) is -2.85. The molecule has 0 aliphatic carbocycles. The summed E-state index contributed by atoms with van der Waals surface area (Å²) in [6.45, 7) is 6.44. The van der Waals surface area contributed by atoms with Crippen LogP contribution in [-0.4, -0.2) is 6.04 Å². The van der Waals surface area contributed by atoms with E-state index in [-0.39, 0.29) is 6.04 Å². The number of benzene rings is 2. The van der Waals surface area contributed by atoms with Crippen LogP contribution in [0.25, 0.3) is 0 Å². The predicted molar refractivity (Wildman–Crippen MR) is 101 cm³/mol. The highest BCUT2D eigenvalue weighted by atomic mass is 31.2. The second-order valence-corrected chi connectivity index (χ2v) is 8.77. The molecule has 0 radical (unpaired) electrons. The van der Waals surface area contributed by atoms with E-state index in [1.807, 2.05) is 60.7 Å². The summed E-state index contributed by atoms with van der Waals surface area (Å²) in [6.07, 6.45) is 5.31. The lowest BCUT2D eigenvalue weighted by atomic mass is 10.1. The van der Waals surface area contributed by atoms with Gasteiger partial charge in [0.15, 0.2) is 0 Å². The van der Waals surface area contributed by atoms with Crippen molar-refractivity contribution in [3.05, 3.63) is 72.8 Å². The number of hydrogen-bond donors (Lipinski definition) is 1. The molecular weight excluding hydrogens is 301 g/mol. The Hall–Kier alpha value is -1.63. The van der Waals surface area contributed by atoms with Gasteiger partial charge >= 0.3 is 0 Å². The summed E-state index contributed by atoms with van der Waals surface area (Å²) in [6, 6.07) is 19.4. The third-order valence-corrected chi connectivity index (χ3v) is 6.48. The van der Waals surface area contributed by atoms with E-state index in [9.17, 15) is 4.57 Å². The van der Waals surface area contributed by atoms with Gasteiger partial charge in [0.2, 0.25) is 7.29 Å². The van der Waals surface area contributed by atoms with Crippen molar-refractivity contribution >= 4 is 17.9 Å². The molecule has 0 aromatic heterocycles. The normalized spacial score (nSPS) is 13.6. The lowest BCUT2D eigenvalue weighted by Gasteiger charge is -2.23. The van der Waals surface area contributed by atoms with Crippen LogP contribution in [0.4, 0.5) is 0 Å². The van der Waals surface area contributed by atoms with Gasteiger partial charge in [0, 0.05) is 16.7 Å². The lowest BCUT2D eigenvalue weighted by Crippen LogP contribution is -2.32. The van der Waals surface area contributed by atoms with Crippen molar-refractivity contribution in [2.24, 2.45) is 5.92 Å². The smallest absolute Gasteiger partial charge is 0.205 e. The Morgan fingerprint density at radius 1 is 0.913 bits per heavy atom. The maximum Gasteiger partial charge on any atom is 0.205 e. The molecule has 1 atom stereocenters. The average molecular weight is 327 g/mol. The molecular formula is C20H26NOP. The molecule has 0 spiro atoms. The molecule has 0 aliphatic rings. The van der Waals surface area contributed by atoms with Crippen molar-refractivity contribution in [2.45, 2.75) is 33.2 Å². The number of rotatable bonds is 7. The van der Waals surface area contributed by atoms with Crippen LogP contribution in [0.3, 0.4) is 0 Å². The molecule has 122 valence electrons. The Morgan fingerprint density at radius 3 is 1.83 bits per heavy atom. The first kappa shape index (κ1) is 17.7. The first-order chi connectivity index (χ1) is 11.0. The van der Waals surface area contributed by atoms with Gasteiger partial charge in [-0.15, -0.1) is 0 Å². The Kier molecular flexibility index (Phi) is 6.38. The van der Waals surface area contributed by atoms with Crippen LogP contribution < -0.4 is 15.7 Å². The third-order valence-electron chi connectivity index (χ3n) is 3.66. The minimum Gasteiger partial charge on any atom is -0.297 e. The predicted octanol–water partition coefficient (Wildman–Crippen LogP) is 4.50. The molecule has 1 unspecified atom stereocenters. The van der Waals surface area contributed by atoms with Gasteiger partial charge in [0.05, 0.1) is 0 Å². The zero-order valence-electron chi connectivity index (χ0n) is 14.1. The molecule has 2 aromatic rings. The van der Waals surface area contributed by atoms with Crippen molar-refractivity contribution in [3.8, 4) is 0 Å². The van der Waals surface area contributed by atoms with E-state index < -0.39 is 7.29 Å². The Bertz CT molecular complexity index is 621. The van der Waals surface area contributed by atoms with Crippen LogP contribution in [-0.2, 0) is 4.57 Å². The van der Waals surface area contributed by atoms with Crippen LogP contribution in [0, 0.1) is 5.92 Å². The maximum atomic E-state index is 13.8. The quantitative estimate of drug-likeness (QED) is 0.599. The fraction of sp³-hybridized carbons (Fsp3) is 0.300. The number of hydrogen-bond acceptors (Lipinski definition) is 1. The van der Waals surface area contributed by atoms with Crippen LogP contribution in [0.2, 0.25) is 0 Å². The molecule has 0 bridgehead atoms. The minimum absolute atomic E-state index is 0.0417. The molecule has 3 heteroatoms. The molecule has 0 amide bonds. The molecule has 1 N–H and O–H groups in total. The highest BCUT2D eigenvalue weighted by molar-refractivity contribution is 7.76. The van der Waals surface area contributed by atoms with E-state index in [1.54, 1.807) is 0 Å². The van der Waals surface area contributed by atoms with E-state index in [0.717, 1.165) is 17.0 Å². The van der Waals surface area contributed by atoms with Crippen LogP contribution >= 0.6 is 7.29 Å². The highest BCUT2D eigenvalue weighted by Gasteiger charge is 2.27. The SMILES string of the molecule is CC(C)C/C=C/C(C)NP(=O)(c1ccccc1)c1ccccc1. The van der Waals surface area contributed by atoms with Crippen molar-refractivity contribution in [3.63, 3.8) is 0 Å². The molecule has 0 saturated heterocycles. The monoisotopic (exact) mass is 327 g/mol. The average Bonchev–Trinajstić information content (AvgIpc) is 2.56. The van der Waals surface area contributed by atoms with Gasteiger partial charge in [-0.05, 0) is 43.5 Å². The first-order valence-electron chi connectivity index (χ1n) is 8.18. The van der Waals surface area contributed by atoms with Gasteiger partial charge in [0.1, 0.15) is 0 Å². The Morgan fingerprint density at radius 2 is 1.39 bits per heavy atom. The van der Waals surface area contributed by atoms with Gasteiger partial charge in [-0.2, -0.15) is 0 Å². The second kappa shape index (κ2) is 8.29.